The molecule has 2 aromatic rings. The smallest absolute Gasteiger partial charge is 0.243 e. The van der Waals surface area contributed by atoms with Gasteiger partial charge in [-0.1, -0.05) is 18.9 Å². The number of aryl methyl sites for hydroxylation is 1. The molecule has 0 atom stereocenters. The lowest BCUT2D eigenvalue weighted by Gasteiger charge is -2.31. The Morgan fingerprint density at radius 2 is 1.39 bits per heavy atom. The van der Waals surface area contributed by atoms with E-state index in [4.69, 9.17) is 0 Å². The summed E-state index contributed by atoms with van der Waals surface area (Å²) in [4.78, 5) is 0.0918. The van der Waals surface area contributed by atoms with Crippen molar-refractivity contribution in [2.45, 2.75) is 61.3 Å². The van der Waals surface area contributed by atoms with E-state index in [2.05, 4.69) is 5.10 Å². The maximum atomic E-state index is 13.2. The maximum Gasteiger partial charge on any atom is 0.243 e. The zero-order valence-corrected chi connectivity index (χ0v) is 19.5. The van der Waals surface area contributed by atoms with Crippen LogP contribution < -0.4 is 0 Å². The van der Waals surface area contributed by atoms with Gasteiger partial charge in [-0.3, -0.25) is 4.68 Å². The Kier molecular flexibility index (Phi) is 6.52. The average Bonchev–Trinajstić information content (AvgIpc) is 3.02. The molecule has 0 saturated carbocycles. The largest absolute Gasteiger partial charge is 0.269 e. The van der Waals surface area contributed by atoms with E-state index in [1.165, 1.54) is 32.9 Å². The molecule has 1 aromatic heterocycles. The predicted molar refractivity (Wildman–Crippen MR) is 118 cm³/mol. The molecule has 0 N–H and O–H groups in total. The molecule has 0 radical (unpaired) electrons. The lowest BCUT2D eigenvalue weighted by Crippen LogP contribution is -2.39. The summed E-state index contributed by atoms with van der Waals surface area (Å²) in [6.07, 6.45) is 8.84. The third-order valence-corrected chi connectivity index (χ3v) is 9.96. The molecular formula is C21H30N4O4S2. The monoisotopic (exact) mass is 466 g/mol. The van der Waals surface area contributed by atoms with Crippen molar-refractivity contribution >= 4 is 20.0 Å². The number of benzene rings is 1. The zero-order valence-electron chi connectivity index (χ0n) is 17.9. The Labute approximate surface area is 185 Å². The van der Waals surface area contributed by atoms with Crippen molar-refractivity contribution < 1.29 is 16.8 Å². The van der Waals surface area contributed by atoms with Gasteiger partial charge in [0.15, 0.2) is 0 Å². The summed E-state index contributed by atoms with van der Waals surface area (Å²) >= 11 is 0. The van der Waals surface area contributed by atoms with Crippen LogP contribution in [0.1, 0.15) is 50.1 Å². The van der Waals surface area contributed by atoms with Crippen LogP contribution in [0.15, 0.2) is 46.5 Å². The van der Waals surface area contributed by atoms with Crippen molar-refractivity contribution in [2.24, 2.45) is 0 Å². The normalized spacial score (nSPS) is 20.5. The van der Waals surface area contributed by atoms with Crippen LogP contribution in [0.5, 0.6) is 0 Å². The van der Waals surface area contributed by atoms with Crippen LogP contribution in [0, 0.1) is 6.92 Å². The first-order chi connectivity index (χ1) is 14.8. The van der Waals surface area contributed by atoms with E-state index >= 15 is 0 Å². The maximum absolute atomic E-state index is 13.2. The highest BCUT2D eigenvalue weighted by Gasteiger charge is 2.32. The van der Waals surface area contributed by atoms with E-state index in [0.717, 1.165) is 31.2 Å². The second kappa shape index (κ2) is 9.01. The molecule has 2 saturated heterocycles. The van der Waals surface area contributed by atoms with Gasteiger partial charge < -0.3 is 0 Å². The summed E-state index contributed by atoms with van der Waals surface area (Å²) < 4.78 is 57.5. The summed E-state index contributed by atoms with van der Waals surface area (Å²) in [6.45, 7) is 3.72. The molecule has 0 bridgehead atoms. The molecule has 10 heteroatoms. The third kappa shape index (κ3) is 4.72. The predicted octanol–water partition coefficient (Wildman–Crippen LogP) is 2.78. The summed E-state index contributed by atoms with van der Waals surface area (Å²) in [5.41, 5.74) is 1.08. The van der Waals surface area contributed by atoms with E-state index in [-0.39, 0.29) is 15.8 Å². The molecule has 4 rings (SSSR count). The van der Waals surface area contributed by atoms with E-state index in [1.54, 1.807) is 6.20 Å². The van der Waals surface area contributed by atoms with E-state index in [9.17, 15) is 16.8 Å². The van der Waals surface area contributed by atoms with Crippen molar-refractivity contribution in [2.75, 3.05) is 26.2 Å². The number of nitrogens with zero attached hydrogens (tertiary/aromatic N) is 4. The van der Waals surface area contributed by atoms with Crippen molar-refractivity contribution in [3.05, 3.63) is 42.2 Å². The minimum absolute atomic E-state index is 0.0387. The van der Waals surface area contributed by atoms with Gasteiger partial charge in [0.1, 0.15) is 0 Å². The molecule has 0 spiro atoms. The number of piperidine rings is 1. The highest BCUT2D eigenvalue weighted by atomic mass is 32.2. The topological polar surface area (TPSA) is 92.6 Å². The lowest BCUT2D eigenvalue weighted by molar-refractivity contribution is 0.261. The van der Waals surface area contributed by atoms with Gasteiger partial charge >= 0.3 is 0 Å². The molecule has 2 fully saturated rings. The Morgan fingerprint density at radius 3 is 1.90 bits per heavy atom. The van der Waals surface area contributed by atoms with E-state index in [1.807, 2.05) is 17.8 Å². The quantitative estimate of drug-likeness (QED) is 0.676. The van der Waals surface area contributed by atoms with Gasteiger partial charge in [-0.2, -0.15) is 13.7 Å². The van der Waals surface area contributed by atoms with Gasteiger partial charge in [0, 0.05) is 32.4 Å². The van der Waals surface area contributed by atoms with Gasteiger partial charge in [-0.05, 0) is 56.4 Å². The Bertz CT molecular complexity index is 1110. The first-order valence-electron chi connectivity index (χ1n) is 10.9. The standard InChI is InChI=1S/C21H30N4O4S2/c1-18-16-22-25(17-18)19-9-13-24(14-10-19)31(28,29)21-8-6-7-20(15-21)30(26,27)23-11-4-2-3-5-12-23/h6-8,15-17,19H,2-5,9-14H2,1H3. The van der Waals surface area contributed by atoms with Crippen molar-refractivity contribution in [1.82, 2.24) is 18.4 Å². The third-order valence-electron chi connectivity index (χ3n) is 6.17. The zero-order chi connectivity index (χ0) is 22.1. The molecule has 3 heterocycles. The van der Waals surface area contributed by atoms with Gasteiger partial charge in [-0.15, -0.1) is 0 Å². The van der Waals surface area contributed by atoms with Gasteiger partial charge in [0.05, 0.1) is 22.0 Å². The number of rotatable bonds is 5. The molecule has 8 nitrogen and oxygen atoms in total. The minimum atomic E-state index is -3.76. The molecular weight excluding hydrogens is 436 g/mol. The number of hydrogen-bond acceptors (Lipinski definition) is 5. The Morgan fingerprint density at radius 1 is 0.839 bits per heavy atom. The van der Waals surface area contributed by atoms with Crippen LogP contribution in [0.3, 0.4) is 0 Å². The van der Waals surface area contributed by atoms with Crippen LogP contribution >= 0.6 is 0 Å². The lowest BCUT2D eigenvalue weighted by atomic mass is 10.1. The average molecular weight is 467 g/mol. The highest BCUT2D eigenvalue weighted by Crippen LogP contribution is 2.28. The number of hydrogen-bond donors (Lipinski definition) is 0. The molecule has 0 aliphatic carbocycles. The van der Waals surface area contributed by atoms with Crippen molar-refractivity contribution in [3.8, 4) is 0 Å². The van der Waals surface area contributed by atoms with E-state index < -0.39 is 20.0 Å². The summed E-state index contributed by atoms with van der Waals surface area (Å²) in [7, 11) is -7.47. The van der Waals surface area contributed by atoms with Crippen LogP contribution in [-0.4, -0.2) is 61.4 Å². The number of aromatic nitrogens is 2. The minimum Gasteiger partial charge on any atom is -0.269 e. The second-order valence-corrected chi connectivity index (χ2v) is 12.3. The summed E-state index contributed by atoms with van der Waals surface area (Å²) in [5.74, 6) is 0. The molecule has 0 unspecified atom stereocenters. The molecule has 2 aliphatic heterocycles. The van der Waals surface area contributed by atoms with Crippen molar-refractivity contribution in [3.63, 3.8) is 0 Å². The molecule has 1 aromatic carbocycles. The Balaban J connectivity index is 1.51. The number of sulfonamides is 2. The van der Waals surface area contributed by atoms with Crippen LogP contribution in [0.4, 0.5) is 0 Å². The van der Waals surface area contributed by atoms with Gasteiger partial charge in [0.2, 0.25) is 20.0 Å². The molecule has 2 aliphatic rings. The summed E-state index contributed by atoms with van der Waals surface area (Å²) in [5, 5.41) is 4.35. The fourth-order valence-corrected chi connectivity index (χ4v) is 7.51. The SMILES string of the molecule is Cc1cnn(C2CCN(S(=O)(=O)c3cccc(S(=O)(=O)N4CCCCCC4)c3)CC2)c1. The molecule has 0 amide bonds. The van der Waals surface area contributed by atoms with Gasteiger partial charge in [0.25, 0.3) is 0 Å². The van der Waals surface area contributed by atoms with E-state index in [0.29, 0.717) is 39.0 Å². The Hall–Kier alpha value is -1.75. The molecule has 31 heavy (non-hydrogen) atoms. The summed E-state index contributed by atoms with van der Waals surface area (Å²) in [6, 6.07) is 6.00. The fourth-order valence-electron chi connectivity index (χ4n) is 4.36. The van der Waals surface area contributed by atoms with Crippen LogP contribution in [0.2, 0.25) is 0 Å². The first kappa shape index (κ1) is 22.4. The van der Waals surface area contributed by atoms with Crippen molar-refractivity contribution in [1.29, 1.82) is 0 Å². The second-order valence-electron chi connectivity index (χ2n) is 8.43. The first-order valence-corrected chi connectivity index (χ1v) is 13.8. The van der Waals surface area contributed by atoms with Crippen LogP contribution in [-0.2, 0) is 20.0 Å². The fraction of sp³-hybridized carbons (Fsp3) is 0.571. The highest BCUT2D eigenvalue weighted by molar-refractivity contribution is 7.90. The molecule has 170 valence electrons. The van der Waals surface area contributed by atoms with Crippen LogP contribution in [0.25, 0.3) is 0 Å². The van der Waals surface area contributed by atoms with Gasteiger partial charge in [-0.25, -0.2) is 16.8 Å².